The highest BCUT2D eigenvalue weighted by atomic mass is 32.1. The van der Waals surface area contributed by atoms with Crippen molar-refractivity contribution in [1.82, 2.24) is 4.90 Å². The number of nitrogens with one attached hydrogen (secondary N) is 1. The fourth-order valence-electron chi connectivity index (χ4n) is 3.60. The van der Waals surface area contributed by atoms with Gasteiger partial charge in [0.15, 0.2) is 0 Å². The van der Waals surface area contributed by atoms with E-state index < -0.39 is 0 Å². The van der Waals surface area contributed by atoms with E-state index in [1.54, 1.807) is 30.4 Å². The molecular weight excluding hydrogens is 359 g/mol. The maximum Gasteiger partial charge on any atom is 0.220 e. The zero-order valence-electron chi connectivity index (χ0n) is 15.1. The summed E-state index contributed by atoms with van der Waals surface area (Å²) in [5.74, 6) is -0.117. The molecule has 0 spiro atoms. The van der Waals surface area contributed by atoms with Crippen LogP contribution in [0.4, 0.5) is 10.1 Å². The first kappa shape index (κ1) is 17.7. The fourth-order valence-corrected chi connectivity index (χ4v) is 4.51. The number of rotatable bonds is 4. The molecule has 0 saturated carbocycles. The summed E-state index contributed by atoms with van der Waals surface area (Å²) in [6, 6.07) is 16.9. The standard InChI is InChI=1S/C22H21FN2OS/c1-15(26)25-12-10-21-20(11-13-27-21)22(25)17-4-8-19(9-5-17)24-14-16-2-6-18(23)7-3-16/h2-9,11,13,22,24H,10,12,14H2,1H3/t22-/m1/s1. The molecule has 27 heavy (non-hydrogen) atoms. The molecule has 1 atom stereocenters. The van der Waals surface area contributed by atoms with Gasteiger partial charge < -0.3 is 10.2 Å². The molecule has 1 aromatic heterocycles. The normalized spacial score (nSPS) is 16.1. The summed E-state index contributed by atoms with van der Waals surface area (Å²) in [6.07, 6.45) is 0.931. The maximum absolute atomic E-state index is 13.0. The van der Waals surface area contributed by atoms with Crippen molar-refractivity contribution < 1.29 is 9.18 Å². The van der Waals surface area contributed by atoms with Crippen LogP contribution in [0.15, 0.2) is 60.0 Å². The molecule has 1 aliphatic heterocycles. The Balaban J connectivity index is 1.52. The van der Waals surface area contributed by atoms with Gasteiger partial charge in [-0.1, -0.05) is 24.3 Å². The lowest BCUT2D eigenvalue weighted by atomic mass is 9.93. The second-order valence-corrected chi connectivity index (χ2v) is 7.77. The number of carbonyl (C=O) groups excluding carboxylic acids is 1. The number of hydrogen-bond acceptors (Lipinski definition) is 3. The molecule has 0 aliphatic carbocycles. The molecular formula is C22H21FN2OS. The van der Waals surface area contributed by atoms with E-state index >= 15 is 0 Å². The summed E-state index contributed by atoms with van der Waals surface area (Å²) in [5.41, 5.74) is 4.39. The van der Waals surface area contributed by atoms with E-state index in [4.69, 9.17) is 0 Å². The number of thiophene rings is 1. The maximum atomic E-state index is 13.0. The molecule has 1 N–H and O–H groups in total. The predicted molar refractivity (Wildman–Crippen MR) is 107 cm³/mol. The topological polar surface area (TPSA) is 32.3 Å². The number of hydrogen-bond donors (Lipinski definition) is 1. The van der Waals surface area contributed by atoms with Crippen molar-refractivity contribution in [1.29, 1.82) is 0 Å². The molecule has 0 saturated heterocycles. The van der Waals surface area contributed by atoms with Crippen LogP contribution in [-0.4, -0.2) is 17.4 Å². The van der Waals surface area contributed by atoms with Gasteiger partial charge in [-0.2, -0.15) is 0 Å². The van der Waals surface area contributed by atoms with Crippen molar-refractivity contribution in [2.75, 3.05) is 11.9 Å². The first-order chi connectivity index (χ1) is 13.1. The van der Waals surface area contributed by atoms with Crippen molar-refractivity contribution in [3.05, 3.63) is 87.4 Å². The molecule has 5 heteroatoms. The van der Waals surface area contributed by atoms with E-state index in [-0.39, 0.29) is 17.8 Å². The first-order valence-corrected chi connectivity index (χ1v) is 9.91. The highest BCUT2D eigenvalue weighted by Gasteiger charge is 2.31. The van der Waals surface area contributed by atoms with Crippen molar-refractivity contribution in [3.8, 4) is 0 Å². The van der Waals surface area contributed by atoms with E-state index in [2.05, 4.69) is 28.9 Å². The van der Waals surface area contributed by atoms with E-state index in [1.165, 1.54) is 22.6 Å². The van der Waals surface area contributed by atoms with Gasteiger partial charge in [0.25, 0.3) is 0 Å². The minimum Gasteiger partial charge on any atom is -0.381 e. The third kappa shape index (κ3) is 3.74. The number of carbonyl (C=O) groups is 1. The van der Waals surface area contributed by atoms with E-state index in [0.717, 1.165) is 29.8 Å². The van der Waals surface area contributed by atoms with Crippen LogP contribution in [0.5, 0.6) is 0 Å². The Morgan fingerprint density at radius 3 is 2.59 bits per heavy atom. The molecule has 0 unspecified atom stereocenters. The zero-order valence-corrected chi connectivity index (χ0v) is 15.9. The number of benzene rings is 2. The van der Waals surface area contributed by atoms with Gasteiger partial charge in [0.2, 0.25) is 5.91 Å². The van der Waals surface area contributed by atoms with Crippen LogP contribution < -0.4 is 5.32 Å². The number of amides is 1. The zero-order chi connectivity index (χ0) is 18.8. The Hall–Kier alpha value is -2.66. The molecule has 4 rings (SSSR count). The average Bonchev–Trinajstić information content (AvgIpc) is 3.16. The van der Waals surface area contributed by atoms with Gasteiger partial charge in [-0.25, -0.2) is 4.39 Å². The molecule has 3 nitrogen and oxygen atoms in total. The predicted octanol–water partition coefficient (Wildman–Crippen LogP) is 4.99. The summed E-state index contributed by atoms with van der Waals surface area (Å²) in [7, 11) is 0. The molecule has 2 heterocycles. The Morgan fingerprint density at radius 1 is 1.15 bits per heavy atom. The number of anilines is 1. The van der Waals surface area contributed by atoms with Gasteiger partial charge in [0, 0.05) is 30.6 Å². The minimum absolute atomic E-state index is 0.0105. The average molecular weight is 380 g/mol. The van der Waals surface area contributed by atoms with Gasteiger partial charge >= 0.3 is 0 Å². The van der Waals surface area contributed by atoms with Crippen LogP contribution in [0.25, 0.3) is 0 Å². The van der Waals surface area contributed by atoms with Gasteiger partial charge in [0.05, 0.1) is 6.04 Å². The number of halogens is 1. The minimum atomic E-state index is -0.224. The quantitative estimate of drug-likeness (QED) is 0.691. The van der Waals surface area contributed by atoms with Gasteiger partial charge in [-0.15, -0.1) is 11.3 Å². The van der Waals surface area contributed by atoms with Gasteiger partial charge in [-0.3, -0.25) is 4.79 Å². The molecule has 2 aromatic carbocycles. The summed E-state index contributed by atoms with van der Waals surface area (Å²) in [6.45, 7) is 3.04. The highest BCUT2D eigenvalue weighted by molar-refractivity contribution is 7.10. The lowest BCUT2D eigenvalue weighted by Gasteiger charge is -2.35. The van der Waals surface area contributed by atoms with Crippen LogP contribution in [-0.2, 0) is 17.8 Å². The van der Waals surface area contributed by atoms with Crippen LogP contribution in [0.3, 0.4) is 0 Å². The SMILES string of the molecule is CC(=O)N1CCc2sccc2[C@H]1c1ccc(NCc2ccc(F)cc2)cc1. The Labute approximate surface area is 162 Å². The molecule has 3 aromatic rings. The second kappa shape index (κ2) is 7.53. The van der Waals surface area contributed by atoms with Crippen molar-refractivity contribution in [2.24, 2.45) is 0 Å². The molecule has 0 fully saturated rings. The van der Waals surface area contributed by atoms with Gasteiger partial charge in [0.1, 0.15) is 5.82 Å². The first-order valence-electron chi connectivity index (χ1n) is 9.03. The molecule has 0 radical (unpaired) electrons. The summed E-state index contributed by atoms with van der Waals surface area (Å²) in [5, 5.41) is 5.47. The summed E-state index contributed by atoms with van der Waals surface area (Å²) in [4.78, 5) is 15.5. The van der Waals surface area contributed by atoms with E-state index in [9.17, 15) is 9.18 Å². The summed E-state index contributed by atoms with van der Waals surface area (Å²) < 4.78 is 13.0. The highest BCUT2D eigenvalue weighted by Crippen LogP contribution is 2.38. The van der Waals surface area contributed by atoms with Crippen molar-refractivity contribution in [2.45, 2.75) is 25.9 Å². The third-order valence-electron chi connectivity index (χ3n) is 5.01. The van der Waals surface area contributed by atoms with Crippen LogP contribution >= 0.6 is 11.3 Å². The Bertz CT molecular complexity index is 934. The fraction of sp³-hybridized carbons (Fsp3) is 0.227. The third-order valence-corrected chi connectivity index (χ3v) is 6.00. The lowest BCUT2D eigenvalue weighted by Crippen LogP contribution is -2.38. The van der Waals surface area contributed by atoms with E-state index in [0.29, 0.717) is 6.54 Å². The Morgan fingerprint density at radius 2 is 1.89 bits per heavy atom. The van der Waals surface area contributed by atoms with Crippen LogP contribution in [0, 0.1) is 5.82 Å². The second-order valence-electron chi connectivity index (χ2n) is 6.77. The smallest absolute Gasteiger partial charge is 0.220 e. The summed E-state index contributed by atoms with van der Waals surface area (Å²) >= 11 is 1.77. The largest absolute Gasteiger partial charge is 0.381 e. The molecule has 138 valence electrons. The molecule has 1 amide bonds. The van der Waals surface area contributed by atoms with Crippen LogP contribution in [0.1, 0.15) is 34.5 Å². The monoisotopic (exact) mass is 380 g/mol. The lowest BCUT2D eigenvalue weighted by molar-refractivity contribution is -0.130. The van der Waals surface area contributed by atoms with Gasteiger partial charge in [-0.05, 0) is 58.8 Å². The molecule has 1 aliphatic rings. The molecule has 0 bridgehead atoms. The van der Waals surface area contributed by atoms with E-state index in [1.807, 2.05) is 17.0 Å². The Kier molecular flexibility index (Phi) is 4.94. The number of nitrogens with zero attached hydrogens (tertiary/aromatic N) is 1. The van der Waals surface area contributed by atoms with Crippen molar-refractivity contribution >= 4 is 22.9 Å². The number of fused-ring (bicyclic) bond motifs is 1. The van der Waals surface area contributed by atoms with Crippen LogP contribution in [0.2, 0.25) is 0 Å². The van der Waals surface area contributed by atoms with Crippen molar-refractivity contribution in [3.63, 3.8) is 0 Å².